The molecule has 0 atom stereocenters. The highest BCUT2D eigenvalue weighted by molar-refractivity contribution is 7.11. The molecule has 3 rings (SSSR count). The number of carbonyl (C=O) groups is 2. The number of hydrogen-bond donors (Lipinski definition) is 3. The Labute approximate surface area is 199 Å². The van der Waals surface area contributed by atoms with E-state index in [4.69, 9.17) is 16.3 Å². The Hall–Kier alpha value is -2.50. The number of carboxylic acids is 1. The number of benzene rings is 1. The van der Waals surface area contributed by atoms with Gasteiger partial charge in [-0.2, -0.15) is 4.37 Å². The van der Waals surface area contributed by atoms with E-state index in [1.54, 1.807) is 0 Å². The highest BCUT2D eigenvalue weighted by Gasteiger charge is 2.24. The van der Waals surface area contributed by atoms with Crippen molar-refractivity contribution in [1.82, 2.24) is 14.6 Å². The Morgan fingerprint density at radius 3 is 2.67 bits per heavy atom. The predicted octanol–water partition coefficient (Wildman–Crippen LogP) is 4.74. The number of nitrogens with one attached hydrogen (secondary N) is 2. The fraction of sp³-hybridized carbons (Fsp3) is 0.476. The second kappa shape index (κ2) is 12.1. The number of nitrogens with zero attached hydrogens (tertiary/aromatic N) is 2. The number of rotatable bonds is 10. The van der Waals surface area contributed by atoms with Crippen molar-refractivity contribution in [3.63, 3.8) is 0 Å². The number of likely N-dealkylation sites (tertiary alicyclic amines) is 1. The topological polar surface area (TPSA) is 104 Å². The van der Waals surface area contributed by atoms with Crippen LogP contribution in [0.4, 0.5) is 18.6 Å². The average Bonchev–Trinajstić information content (AvgIpc) is 3.18. The van der Waals surface area contributed by atoms with E-state index in [1.807, 2.05) is 0 Å². The molecule has 2 aromatic rings. The molecule has 0 saturated carbocycles. The highest BCUT2D eigenvalue weighted by atomic mass is 35.5. The van der Waals surface area contributed by atoms with Crippen LogP contribution in [-0.4, -0.2) is 52.6 Å². The SMILES string of the molecule is O=C(NCCCCN1CCCCC1)Nc1snc(OCc2cc(F)c(Cl)cc2F)c1C(=O)O. The number of carboxylic acid groups (broad SMARTS) is 1. The monoisotopic (exact) mass is 502 g/mol. The van der Waals surface area contributed by atoms with Gasteiger partial charge in [-0.1, -0.05) is 18.0 Å². The maximum atomic E-state index is 13.9. The molecule has 33 heavy (non-hydrogen) atoms. The molecule has 0 aliphatic carbocycles. The van der Waals surface area contributed by atoms with Crippen LogP contribution >= 0.6 is 23.1 Å². The molecule has 1 aliphatic rings. The third-order valence-corrected chi connectivity index (χ3v) is 6.23. The molecular weight excluding hydrogens is 478 g/mol. The fourth-order valence-electron chi connectivity index (χ4n) is 3.46. The molecule has 1 fully saturated rings. The van der Waals surface area contributed by atoms with E-state index in [0.29, 0.717) is 18.1 Å². The minimum atomic E-state index is -1.38. The summed E-state index contributed by atoms with van der Waals surface area (Å²) in [4.78, 5) is 26.3. The molecule has 2 heterocycles. The van der Waals surface area contributed by atoms with Crippen LogP contribution in [0.2, 0.25) is 5.02 Å². The summed E-state index contributed by atoms with van der Waals surface area (Å²) in [6, 6.07) is 1.11. The quantitative estimate of drug-likeness (QED) is 0.320. The van der Waals surface area contributed by atoms with Crippen molar-refractivity contribution in [2.45, 2.75) is 38.7 Å². The average molecular weight is 503 g/mol. The van der Waals surface area contributed by atoms with Gasteiger partial charge < -0.3 is 20.1 Å². The molecule has 2 amide bonds. The van der Waals surface area contributed by atoms with Crippen molar-refractivity contribution in [3.05, 3.63) is 39.9 Å². The Kier molecular flexibility index (Phi) is 9.21. The summed E-state index contributed by atoms with van der Waals surface area (Å²) in [5.74, 6) is -3.31. The number of carbonyl (C=O) groups excluding carboxylic acids is 1. The summed E-state index contributed by atoms with van der Waals surface area (Å²) in [7, 11) is 0. The third kappa shape index (κ3) is 7.24. The Morgan fingerprint density at radius 2 is 1.94 bits per heavy atom. The summed E-state index contributed by atoms with van der Waals surface area (Å²) in [6.45, 7) is 3.24. The second-order valence-electron chi connectivity index (χ2n) is 7.63. The number of hydrogen-bond acceptors (Lipinski definition) is 6. The first-order valence-corrected chi connectivity index (χ1v) is 11.8. The maximum absolute atomic E-state index is 13.9. The fourth-order valence-corrected chi connectivity index (χ4v) is 4.33. The first kappa shape index (κ1) is 25.1. The number of piperidine rings is 1. The number of ether oxygens (including phenoxy) is 1. The zero-order valence-corrected chi connectivity index (χ0v) is 19.4. The molecule has 1 aromatic carbocycles. The van der Waals surface area contributed by atoms with E-state index in [9.17, 15) is 23.5 Å². The molecule has 1 saturated heterocycles. The smallest absolute Gasteiger partial charge is 0.344 e. The molecule has 0 unspecified atom stereocenters. The molecular formula is C21H25ClF2N4O4S. The van der Waals surface area contributed by atoms with Crippen molar-refractivity contribution >= 4 is 40.1 Å². The standard InChI is InChI=1S/C21H25ClF2N4O4S/c22-14-11-15(23)13(10-16(14)24)12-32-18-17(20(29)30)19(33-27-18)26-21(31)25-6-2-5-9-28-7-3-1-4-8-28/h10-11H,1-9,12H2,(H,29,30)(H2,25,26,31). The lowest BCUT2D eigenvalue weighted by Gasteiger charge is -2.26. The first-order valence-electron chi connectivity index (χ1n) is 10.6. The molecule has 0 spiro atoms. The zero-order chi connectivity index (χ0) is 23.8. The van der Waals surface area contributed by atoms with Crippen LogP contribution in [0.5, 0.6) is 5.88 Å². The third-order valence-electron chi connectivity index (χ3n) is 5.19. The molecule has 180 valence electrons. The molecule has 1 aromatic heterocycles. The van der Waals surface area contributed by atoms with Gasteiger partial charge in [0.15, 0.2) is 5.56 Å². The van der Waals surface area contributed by atoms with Crippen LogP contribution in [0, 0.1) is 11.6 Å². The van der Waals surface area contributed by atoms with Crippen molar-refractivity contribution in [2.75, 3.05) is 31.5 Å². The van der Waals surface area contributed by atoms with Crippen molar-refractivity contribution in [1.29, 1.82) is 0 Å². The molecule has 12 heteroatoms. The van der Waals surface area contributed by atoms with Gasteiger partial charge in [-0.3, -0.25) is 5.32 Å². The maximum Gasteiger partial charge on any atom is 0.344 e. The van der Waals surface area contributed by atoms with E-state index in [2.05, 4.69) is 19.9 Å². The number of urea groups is 1. The lowest BCUT2D eigenvalue weighted by molar-refractivity contribution is 0.0693. The Bertz CT molecular complexity index is 985. The van der Waals surface area contributed by atoms with E-state index in [0.717, 1.165) is 44.6 Å². The van der Waals surface area contributed by atoms with Gasteiger partial charge in [-0.05, 0) is 69.0 Å². The normalized spacial score (nSPS) is 14.2. The predicted molar refractivity (Wildman–Crippen MR) is 121 cm³/mol. The van der Waals surface area contributed by atoms with Crippen LogP contribution in [0.3, 0.4) is 0 Å². The number of halogens is 3. The van der Waals surface area contributed by atoms with Crippen LogP contribution in [0.1, 0.15) is 48.0 Å². The lowest BCUT2D eigenvalue weighted by atomic mass is 10.1. The molecule has 8 nitrogen and oxygen atoms in total. The lowest BCUT2D eigenvalue weighted by Crippen LogP contribution is -2.32. The van der Waals surface area contributed by atoms with Crippen LogP contribution in [0.15, 0.2) is 12.1 Å². The zero-order valence-electron chi connectivity index (χ0n) is 17.8. The van der Waals surface area contributed by atoms with E-state index in [1.165, 1.54) is 19.3 Å². The Morgan fingerprint density at radius 1 is 1.18 bits per heavy atom. The highest BCUT2D eigenvalue weighted by Crippen LogP contribution is 2.31. The van der Waals surface area contributed by atoms with Crippen molar-refractivity contribution in [3.8, 4) is 5.88 Å². The van der Waals surface area contributed by atoms with Gasteiger partial charge in [0.25, 0.3) is 0 Å². The van der Waals surface area contributed by atoms with E-state index >= 15 is 0 Å². The van der Waals surface area contributed by atoms with E-state index in [-0.39, 0.29) is 27.0 Å². The van der Waals surface area contributed by atoms with Crippen molar-refractivity contribution in [2.24, 2.45) is 0 Å². The van der Waals surface area contributed by atoms with Crippen molar-refractivity contribution < 1.29 is 28.2 Å². The summed E-state index contributed by atoms with van der Waals surface area (Å²) >= 11 is 6.24. The largest absolute Gasteiger partial charge is 0.477 e. The van der Waals surface area contributed by atoms with Crippen LogP contribution in [0.25, 0.3) is 0 Å². The number of unbranched alkanes of at least 4 members (excludes halogenated alkanes) is 1. The van der Waals surface area contributed by atoms with Gasteiger partial charge >= 0.3 is 12.0 Å². The second-order valence-corrected chi connectivity index (χ2v) is 8.81. The summed E-state index contributed by atoms with van der Waals surface area (Å²) in [6.07, 6.45) is 5.52. The number of aromatic nitrogens is 1. The molecule has 3 N–H and O–H groups in total. The molecule has 1 aliphatic heterocycles. The number of anilines is 1. The molecule has 0 bridgehead atoms. The van der Waals surface area contributed by atoms with Gasteiger partial charge in [0, 0.05) is 12.1 Å². The Balaban J connectivity index is 1.49. The van der Waals surface area contributed by atoms with Crippen LogP contribution < -0.4 is 15.4 Å². The van der Waals surface area contributed by atoms with Crippen LogP contribution in [-0.2, 0) is 6.61 Å². The van der Waals surface area contributed by atoms with Gasteiger partial charge in [0.1, 0.15) is 23.2 Å². The summed E-state index contributed by atoms with van der Waals surface area (Å²) < 4.78 is 36.7. The molecule has 0 radical (unpaired) electrons. The van der Waals surface area contributed by atoms with Gasteiger partial charge in [0.2, 0.25) is 5.88 Å². The summed E-state index contributed by atoms with van der Waals surface area (Å²) in [5.41, 5.74) is -0.520. The minimum absolute atomic E-state index is 0.0222. The first-order chi connectivity index (χ1) is 15.8. The number of aromatic carboxylic acids is 1. The summed E-state index contributed by atoms with van der Waals surface area (Å²) in [5, 5.41) is 14.3. The van der Waals surface area contributed by atoms with E-state index < -0.39 is 30.2 Å². The van der Waals surface area contributed by atoms with Gasteiger partial charge in [-0.15, -0.1) is 0 Å². The number of amides is 2. The van der Waals surface area contributed by atoms with Gasteiger partial charge in [-0.25, -0.2) is 18.4 Å². The van der Waals surface area contributed by atoms with Gasteiger partial charge in [0.05, 0.1) is 5.02 Å². The minimum Gasteiger partial charge on any atom is -0.477 e.